The van der Waals surface area contributed by atoms with E-state index in [2.05, 4.69) is 5.32 Å². The van der Waals surface area contributed by atoms with Crippen molar-refractivity contribution in [3.05, 3.63) is 65.7 Å². The molecule has 0 bridgehead atoms. The zero-order valence-corrected chi connectivity index (χ0v) is 11.2. The fraction of sp³-hybridized carbons (Fsp3) is 0.235. The molecule has 0 atom stereocenters. The smallest absolute Gasteiger partial charge is 0.251 e. The lowest BCUT2D eigenvalue weighted by Crippen LogP contribution is -2.25. The summed E-state index contributed by atoms with van der Waals surface area (Å²) in [6.45, 7) is 0.508. The molecule has 0 heterocycles. The molecule has 2 aromatic rings. The van der Waals surface area contributed by atoms with E-state index in [9.17, 15) is 4.79 Å². The highest BCUT2D eigenvalue weighted by Crippen LogP contribution is 2.20. The van der Waals surface area contributed by atoms with Crippen molar-refractivity contribution in [3.63, 3.8) is 0 Å². The highest BCUT2D eigenvalue weighted by atomic mass is 16.5. The minimum atomic E-state index is -0.0161. The molecule has 0 aliphatic heterocycles. The van der Waals surface area contributed by atoms with Gasteiger partial charge in [-0.3, -0.25) is 4.79 Å². The molecule has 1 aliphatic carbocycles. The van der Waals surface area contributed by atoms with Crippen LogP contribution in [-0.4, -0.2) is 11.9 Å². The van der Waals surface area contributed by atoms with Crippen molar-refractivity contribution in [2.24, 2.45) is 0 Å². The molecule has 1 saturated carbocycles. The number of carbonyl (C=O) groups excluding carboxylic acids is 1. The summed E-state index contributed by atoms with van der Waals surface area (Å²) in [6, 6.07) is 17.7. The van der Waals surface area contributed by atoms with Crippen LogP contribution in [0.25, 0.3) is 0 Å². The second-order valence-corrected chi connectivity index (χ2v) is 5.05. The van der Waals surface area contributed by atoms with Gasteiger partial charge < -0.3 is 10.1 Å². The van der Waals surface area contributed by atoms with Gasteiger partial charge in [0.05, 0.1) is 0 Å². The van der Waals surface area contributed by atoms with E-state index in [1.807, 2.05) is 48.5 Å². The Kier molecular flexibility index (Phi) is 3.68. The van der Waals surface area contributed by atoms with Gasteiger partial charge in [0.15, 0.2) is 0 Å². The second-order valence-electron chi connectivity index (χ2n) is 5.05. The Bertz CT molecular complexity index is 591. The van der Waals surface area contributed by atoms with Crippen LogP contribution in [0.3, 0.4) is 0 Å². The topological polar surface area (TPSA) is 38.3 Å². The van der Waals surface area contributed by atoms with E-state index >= 15 is 0 Å². The summed E-state index contributed by atoms with van der Waals surface area (Å²) >= 11 is 0. The zero-order valence-electron chi connectivity index (χ0n) is 11.2. The molecule has 1 N–H and O–H groups in total. The van der Waals surface area contributed by atoms with Gasteiger partial charge in [0, 0.05) is 11.6 Å². The summed E-state index contributed by atoms with van der Waals surface area (Å²) in [5.41, 5.74) is 1.77. The highest BCUT2D eigenvalue weighted by Gasteiger charge is 2.23. The average molecular weight is 267 g/mol. The SMILES string of the molecule is O=C(NC1CC1)c1cccc(OCc2ccccc2)c1. The summed E-state index contributed by atoms with van der Waals surface area (Å²) in [4.78, 5) is 12.0. The molecular weight excluding hydrogens is 250 g/mol. The molecule has 2 aromatic carbocycles. The van der Waals surface area contributed by atoms with E-state index in [1.165, 1.54) is 0 Å². The van der Waals surface area contributed by atoms with E-state index < -0.39 is 0 Å². The van der Waals surface area contributed by atoms with E-state index in [0.29, 0.717) is 18.2 Å². The molecule has 3 heteroatoms. The summed E-state index contributed by atoms with van der Waals surface area (Å²) in [7, 11) is 0. The van der Waals surface area contributed by atoms with Crippen molar-refractivity contribution in [1.82, 2.24) is 5.32 Å². The zero-order chi connectivity index (χ0) is 13.8. The van der Waals surface area contributed by atoms with Crippen LogP contribution in [0.2, 0.25) is 0 Å². The van der Waals surface area contributed by atoms with E-state index in [-0.39, 0.29) is 5.91 Å². The number of carbonyl (C=O) groups is 1. The summed E-state index contributed by atoms with van der Waals surface area (Å²) in [5, 5.41) is 2.98. The van der Waals surface area contributed by atoms with Crippen molar-refractivity contribution in [1.29, 1.82) is 0 Å². The lowest BCUT2D eigenvalue weighted by Gasteiger charge is -2.08. The van der Waals surface area contributed by atoms with Crippen molar-refractivity contribution in [2.75, 3.05) is 0 Å². The second kappa shape index (κ2) is 5.78. The molecule has 1 amide bonds. The fourth-order valence-corrected chi connectivity index (χ4v) is 1.96. The maximum absolute atomic E-state index is 12.0. The predicted octanol–water partition coefficient (Wildman–Crippen LogP) is 3.16. The molecule has 0 radical (unpaired) electrons. The Morgan fingerprint density at radius 1 is 1.10 bits per heavy atom. The number of amides is 1. The maximum atomic E-state index is 12.0. The first-order valence-corrected chi connectivity index (χ1v) is 6.89. The van der Waals surface area contributed by atoms with Crippen LogP contribution < -0.4 is 10.1 Å². The third-order valence-corrected chi connectivity index (χ3v) is 3.26. The normalized spacial score (nSPS) is 13.8. The van der Waals surface area contributed by atoms with Crippen LogP contribution in [0.15, 0.2) is 54.6 Å². The van der Waals surface area contributed by atoms with Crippen LogP contribution in [0.4, 0.5) is 0 Å². The van der Waals surface area contributed by atoms with Crippen LogP contribution >= 0.6 is 0 Å². The summed E-state index contributed by atoms with van der Waals surface area (Å²) < 4.78 is 5.72. The number of hydrogen-bond donors (Lipinski definition) is 1. The minimum absolute atomic E-state index is 0.0161. The van der Waals surface area contributed by atoms with Crippen molar-refractivity contribution >= 4 is 5.91 Å². The maximum Gasteiger partial charge on any atom is 0.251 e. The largest absolute Gasteiger partial charge is 0.489 e. The predicted molar refractivity (Wildman–Crippen MR) is 77.7 cm³/mol. The Hall–Kier alpha value is -2.29. The van der Waals surface area contributed by atoms with Gasteiger partial charge in [0.25, 0.3) is 5.91 Å². The Labute approximate surface area is 118 Å². The molecular formula is C17H17NO2. The Balaban J connectivity index is 1.63. The van der Waals surface area contributed by atoms with Crippen LogP contribution in [0.5, 0.6) is 5.75 Å². The van der Waals surface area contributed by atoms with Crippen LogP contribution in [0.1, 0.15) is 28.8 Å². The molecule has 0 aromatic heterocycles. The highest BCUT2D eigenvalue weighted by molar-refractivity contribution is 5.94. The molecule has 0 unspecified atom stereocenters. The van der Waals surface area contributed by atoms with Gasteiger partial charge in [-0.2, -0.15) is 0 Å². The van der Waals surface area contributed by atoms with Gasteiger partial charge in [-0.1, -0.05) is 36.4 Å². The Morgan fingerprint density at radius 3 is 2.65 bits per heavy atom. The number of ether oxygens (including phenoxy) is 1. The molecule has 0 spiro atoms. The number of rotatable bonds is 5. The standard InChI is InChI=1S/C17H17NO2/c19-17(18-15-9-10-15)14-7-4-8-16(11-14)20-12-13-5-2-1-3-6-13/h1-8,11,15H,9-10,12H2,(H,18,19). The van der Waals surface area contributed by atoms with Crippen molar-refractivity contribution in [3.8, 4) is 5.75 Å². The van der Waals surface area contributed by atoms with Crippen molar-refractivity contribution < 1.29 is 9.53 Å². The third-order valence-electron chi connectivity index (χ3n) is 3.26. The summed E-state index contributed by atoms with van der Waals surface area (Å²) in [6.07, 6.45) is 2.19. The van der Waals surface area contributed by atoms with Gasteiger partial charge in [0.1, 0.15) is 12.4 Å². The Morgan fingerprint density at radius 2 is 1.90 bits per heavy atom. The van der Waals surface area contributed by atoms with E-state index in [0.717, 1.165) is 24.2 Å². The fourth-order valence-electron chi connectivity index (χ4n) is 1.96. The molecule has 0 saturated heterocycles. The number of hydrogen-bond acceptors (Lipinski definition) is 2. The molecule has 1 fully saturated rings. The minimum Gasteiger partial charge on any atom is -0.489 e. The third kappa shape index (κ3) is 3.38. The first-order valence-electron chi connectivity index (χ1n) is 6.89. The van der Waals surface area contributed by atoms with Crippen LogP contribution in [-0.2, 0) is 6.61 Å². The number of benzene rings is 2. The number of nitrogens with one attached hydrogen (secondary N) is 1. The molecule has 102 valence electrons. The monoisotopic (exact) mass is 267 g/mol. The molecule has 3 rings (SSSR count). The van der Waals surface area contributed by atoms with E-state index in [4.69, 9.17) is 4.74 Å². The molecule has 20 heavy (non-hydrogen) atoms. The average Bonchev–Trinajstić information content (AvgIpc) is 3.30. The lowest BCUT2D eigenvalue weighted by molar-refractivity contribution is 0.0950. The first kappa shape index (κ1) is 12.7. The van der Waals surface area contributed by atoms with Crippen molar-refractivity contribution in [2.45, 2.75) is 25.5 Å². The molecule has 1 aliphatic rings. The first-order chi connectivity index (χ1) is 9.81. The molecule has 3 nitrogen and oxygen atoms in total. The van der Waals surface area contributed by atoms with Gasteiger partial charge in [-0.05, 0) is 36.6 Å². The van der Waals surface area contributed by atoms with Gasteiger partial charge in [0.2, 0.25) is 0 Å². The van der Waals surface area contributed by atoms with E-state index in [1.54, 1.807) is 6.07 Å². The van der Waals surface area contributed by atoms with Gasteiger partial charge in [-0.25, -0.2) is 0 Å². The summed E-state index contributed by atoms with van der Waals surface area (Å²) in [5.74, 6) is 0.704. The van der Waals surface area contributed by atoms with Crippen LogP contribution in [0, 0.1) is 0 Å². The lowest BCUT2D eigenvalue weighted by atomic mass is 10.2. The quantitative estimate of drug-likeness (QED) is 0.903. The van der Waals surface area contributed by atoms with Gasteiger partial charge in [-0.15, -0.1) is 0 Å². The van der Waals surface area contributed by atoms with Gasteiger partial charge >= 0.3 is 0 Å².